The molecule has 0 unspecified atom stereocenters. The fourth-order valence-corrected chi connectivity index (χ4v) is 2.09. The molecular weight excluding hydrogens is 214 g/mol. The molecule has 0 aliphatic carbocycles. The van der Waals surface area contributed by atoms with E-state index in [1.165, 1.54) is 39.3 Å². The van der Waals surface area contributed by atoms with Crippen LogP contribution in [0.2, 0.25) is 0 Å². The third-order valence-corrected chi connectivity index (χ3v) is 3.30. The topological polar surface area (TPSA) is 30.7 Å². The molecule has 0 radical (unpaired) electrons. The first-order valence-electron chi connectivity index (χ1n) is 6.59. The van der Waals surface area contributed by atoms with E-state index in [4.69, 9.17) is 4.74 Å². The second-order valence-corrected chi connectivity index (χ2v) is 4.97. The van der Waals surface area contributed by atoms with Crippen LogP contribution >= 0.6 is 0 Å². The third-order valence-electron chi connectivity index (χ3n) is 3.30. The molecule has 0 amide bonds. The van der Waals surface area contributed by atoms with E-state index < -0.39 is 5.60 Å². The molecule has 1 rings (SSSR count). The Bertz CT molecular complexity index is 310. The summed E-state index contributed by atoms with van der Waals surface area (Å²) in [7, 11) is 0. The van der Waals surface area contributed by atoms with Gasteiger partial charge in [-0.25, -0.2) is 0 Å². The van der Waals surface area contributed by atoms with Gasteiger partial charge in [0.1, 0.15) is 6.54 Å². The van der Waals surface area contributed by atoms with Gasteiger partial charge in [-0.05, 0) is 44.4 Å². The maximum Gasteiger partial charge on any atom is 0.304 e. The van der Waals surface area contributed by atoms with Crippen molar-refractivity contribution >= 4 is 5.97 Å². The number of carbonyl (C=O) groups is 1. The predicted molar refractivity (Wildman–Crippen MR) is 67.7 cm³/mol. The number of hydrogen-bond acceptors (Lipinski definition) is 2. The zero-order chi connectivity index (χ0) is 12.7. The lowest BCUT2D eigenvalue weighted by atomic mass is 10.0. The van der Waals surface area contributed by atoms with Gasteiger partial charge in [-0.15, -0.1) is 0 Å². The summed E-state index contributed by atoms with van der Waals surface area (Å²) in [6.45, 7) is 8.64. The Labute approximate surface area is 105 Å². The van der Waals surface area contributed by atoms with Crippen molar-refractivity contribution in [3.63, 3.8) is 0 Å². The van der Waals surface area contributed by atoms with Gasteiger partial charge in [-0.3, -0.25) is 4.79 Å². The fraction of sp³-hybridized carbons (Fsp3) is 0.786. The van der Waals surface area contributed by atoms with Crippen LogP contribution in [-0.2, 0) is 9.53 Å². The van der Waals surface area contributed by atoms with Gasteiger partial charge in [-0.2, -0.15) is 0 Å². The minimum atomic E-state index is -0.610. The molecular formula is C14H24NO2+. The van der Waals surface area contributed by atoms with E-state index in [2.05, 4.69) is 11.8 Å². The summed E-state index contributed by atoms with van der Waals surface area (Å²) in [5.74, 6) is 6.04. The summed E-state index contributed by atoms with van der Waals surface area (Å²) in [6, 6.07) is 0. The first-order valence-corrected chi connectivity index (χ1v) is 6.59. The van der Waals surface area contributed by atoms with Gasteiger partial charge in [0.15, 0.2) is 5.60 Å². The summed E-state index contributed by atoms with van der Waals surface area (Å²) in [5.41, 5.74) is -0.610. The molecule has 3 heteroatoms. The lowest BCUT2D eigenvalue weighted by Gasteiger charge is -2.23. The largest absolute Gasteiger partial charge is 0.446 e. The van der Waals surface area contributed by atoms with Crippen LogP contribution in [0.3, 0.4) is 0 Å². The molecule has 0 aromatic heterocycles. The van der Waals surface area contributed by atoms with Crippen molar-refractivity contribution in [1.29, 1.82) is 0 Å². The number of carbonyl (C=O) groups excluding carboxylic acids is 1. The Morgan fingerprint density at radius 3 is 2.53 bits per heavy atom. The molecule has 17 heavy (non-hydrogen) atoms. The summed E-state index contributed by atoms with van der Waals surface area (Å²) in [6.07, 6.45) is 4.71. The molecule has 0 saturated carbocycles. The van der Waals surface area contributed by atoms with Gasteiger partial charge in [0.2, 0.25) is 0 Å². The monoisotopic (exact) mass is 238 g/mol. The van der Waals surface area contributed by atoms with E-state index >= 15 is 0 Å². The maximum atomic E-state index is 11.0. The highest BCUT2D eigenvalue weighted by atomic mass is 16.6. The van der Waals surface area contributed by atoms with Gasteiger partial charge >= 0.3 is 5.97 Å². The van der Waals surface area contributed by atoms with Crippen molar-refractivity contribution < 1.29 is 14.4 Å². The average molecular weight is 238 g/mol. The molecule has 0 aromatic rings. The minimum absolute atomic E-state index is 0.256. The Balaban J connectivity index is 2.46. The summed E-state index contributed by atoms with van der Waals surface area (Å²) >= 11 is 0. The standard InChI is InChI=1S/C14H23NO2/c1-4-14(3,17-13(2)16)9-8-12-15-10-6-5-7-11-15/h4-7,10-12H2,1-3H3/p+1/t14-/m1/s1. The van der Waals surface area contributed by atoms with Crippen LogP contribution in [-0.4, -0.2) is 31.2 Å². The Morgan fingerprint density at radius 2 is 2.00 bits per heavy atom. The molecule has 1 atom stereocenters. The quantitative estimate of drug-likeness (QED) is 0.582. The van der Waals surface area contributed by atoms with Crippen LogP contribution in [0, 0.1) is 11.8 Å². The second kappa shape index (κ2) is 6.66. The van der Waals surface area contributed by atoms with Crippen LogP contribution in [0.15, 0.2) is 0 Å². The van der Waals surface area contributed by atoms with Crippen molar-refractivity contribution in [2.75, 3.05) is 19.6 Å². The van der Waals surface area contributed by atoms with Crippen LogP contribution in [0.5, 0.6) is 0 Å². The van der Waals surface area contributed by atoms with Crippen molar-refractivity contribution in [1.82, 2.24) is 0 Å². The second-order valence-electron chi connectivity index (χ2n) is 4.97. The highest BCUT2D eigenvalue weighted by Gasteiger charge is 2.22. The van der Waals surface area contributed by atoms with Crippen LogP contribution in [0.4, 0.5) is 0 Å². The van der Waals surface area contributed by atoms with E-state index in [9.17, 15) is 4.79 Å². The SMILES string of the molecule is CC[C@](C)(C#CC[NH+]1CCCCC1)OC(C)=O. The molecule has 1 saturated heterocycles. The summed E-state index contributed by atoms with van der Waals surface area (Å²) in [5, 5.41) is 0. The normalized spacial score (nSPS) is 19.9. The molecule has 1 fully saturated rings. The van der Waals surface area contributed by atoms with E-state index in [1.54, 1.807) is 4.90 Å². The maximum absolute atomic E-state index is 11.0. The lowest BCUT2D eigenvalue weighted by molar-refractivity contribution is -0.897. The van der Waals surface area contributed by atoms with Gasteiger partial charge < -0.3 is 9.64 Å². The number of hydrogen-bond donors (Lipinski definition) is 1. The van der Waals surface area contributed by atoms with E-state index in [1.807, 2.05) is 13.8 Å². The molecule has 1 aliphatic rings. The molecule has 1 heterocycles. The number of piperidine rings is 1. The van der Waals surface area contributed by atoms with Crippen LogP contribution < -0.4 is 4.90 Å². The van der Waals surface area contributed by atoms with Gasteiger partial charge in [-0.1, -0.05) is 6.92 Å². The molecule has 0 bridgehead atoms. The van der Waals surface area contributed by atoms with Crippen LogP contribution in [0.1, 0.15) is 46.5 Å². The number of quaternary nitrogens is 1. The molecule has 1 N–H and O–H groups in total. The Kier molecular flexibility index (Phi) is 5.50. The zero-order valence-corrected chi connectivity index (χ0v) is 11.3. The minimum Gasteiger partial charge on any atom is -0.446 e. The third kappa shape index (κ3) is 5.23. The number of ether oxygens (including phenoxy) is 1. The van der Waals surface area contributed by atoms with Gasteiger partial charge in [0.05, 0.1) is 13.1 Å². The highest BCUT2D eigenvalue weighted by Crippen LogP contribution is 2.13. The van der Waals surface area contributed by atoms with Gasteiger partial charge in [0, 0.05) is 6.92 Å². The van der Waals surface area contributed by atoms with Crippen molar-refractivity contribution in [3.05, 3.63) is 0 Å². The van der Waals surface area contributed by atoms with Crippen molar-refractivity contribution in [2.45, 2.75) is 52.1 Å². The van der Waals surface area contributed by atoms with E-state index in [0.29, 0.717) is 0 Å². The average Bonchev–Trinajstić information content (AvgIpc) is 2.29. The zero-order valence-electron chi connectivity index (χ0n) is 11.3. The number of esters is 1. The number of likely N-dealkylation sites (tertiary alicyclic amines) is 1. The molecule has 96 valence electrons. The van der Waals surface area contributed by atoms with Crippen LogP contribution in [0.25, 0.3) is 0 Å². The first kappa shape index (κ1) is 14.1. The van der Waals surface area contributed by atoms with E-state index in [-0.39, 0.29) is 5.97 Å². The Hall–Kier alpha value is -1.01. The molecule has 0 aromatic carbocycles. The van der Waals surface area contributed by atoms with E-state index in [0.717, 1.165) is 13.0 Å². The first-order chi connectivity index (χ1) is 8.06. The Morgan fingerprint density at radius 1 is 1.35 bits per heavy atom. The smallest absolute Gasteiger partial charge is 0.304 e. The number of nitrogens with one attached hydrogen (secondary N) is 1. The highest BCUT2D eigenvalue weighted by molar-refractivity contribution is 5.67. The predicted octanol–water partition coefficient (Wildman–Crippen LogP) is 0.790. The van der Waals surface area contributed by atoms with Crippen molar-refractivity contribution in [3.8, 4) is 11.8 Å². The molecule has 3 nitrogen and oxygen atoms in total. The summed E-state index contributed by atoms with van der Waals surface area (Å²) < 4.78 is 5.25. The molecule has 1 aliphatic heterocycles. The fourth-order valence-electron chi connectivity index (χ4n) is 2.09. The lowest BCUT2D eigenvalue weighted by Crippen LogP contribution is -3.12. The molecule has 0 spiro atoms. The number of rotatable bonds is 3. The van der Waals surface area contributed by atoms with Gasteiger partial charge in [0.25, 0.3) is 0 Å². The van der Waals surface area contributed by atoms with Crippen molar-refractivity contribution in [2.24, 2.45) is 0 Å². The summed E-state index contributed by atoms with van der Waals surface area (Å²) in [4.78, 5) is 12.5.